The molecule has 0 fully saturated rings. The molecule has 0 unspecified atom stereocenters. The Balaban J connectivity index is 2.13. The van der Waals surface area contributed by atoms with Crippen LogP contribution in [-0.4, -0.2) is 12.0 Å². The molecule has 0 radical (unpaired) electrons. The van der Waals surface area contributed by atoms with E-state index in [2.05, 4.69) is 31.3 Å². The molecular weight excluding hydrogens is 238 g/mol. The minimum absolute atomic E-state index is 0.280. The number of carbonyl (C=O) groups is 1. The first-order valence-corrected chi connectivity index (χ1v) is 6.87. The highest BCUT2D eigenvalue weighted by molar-refractivity contribution is 5.94. The van der Waals surface area contributed by atoms with Crippen molar-refractivity contribution in [3.63, 3.8) is 0 Å². The van der Waals surface area contributed by atoms with E-state index in [1.165, 1.54) is 0 Å². The highest BCUT2D eigenvalue weighted by atomic mass is 16.4. The third kappa shape index (κ3) is 1.84. The Morgan fingerprint density at radius 2 is 2.21 bits per heavy atom. The maximum absolute atomic E-state index is 11.3. The van der Waals surface area contributed by atoms with Crippen LogP contribution < -0.4 is 10.4 Å². The molecule has 3 nitrogen and oxygen atoms in total. The van der Waals surface area contributed by atoms with Gasteiger partial charge < -0.3 is 15.2 Å². The van der Waals surface area contributed by atoms with Gasteiger partial charge in [0.05, 0.1) is 5.97 Å². The second-order valence-corrected chi connectivity index (χ2v) is 5.82. The Hall–Kier alpha value is -1.77. The lowest BCUT2D eigenvalue weighted by atomic mass is 9.75. The van der Waals surface area contributed by atoms with Crippen LogP contribution >= 0.6 is 0 Å². The zero-order chi connectivity index (χ0) is 13.6. The van der Waals surface area contributed by atoms with Gasteiger partial charge in [0, 0.05) is 23.2 Å². The average molecular weight is 256 g/mol. The maximum Gasteiger partial charge on any atom is 0.0736 e. The Labute approximate surface area is 113 Å². The highest BCUT2D eigenvalue weighted by Crippen LogP contribution is 2.47. The largest absolute Gasteiger partial charge is 0.545 e. The maximum atomic E-state index is 11.3. The van der Waals surface area contributed by atoms with Crippen LogP contribution in [0.15, 0.2) is 30.4 Å². The van der Waals surface area contributed by atoms with Gasteiger partial charge in [0.1, 0.15) is 0 Å². The number of carboxylic acids is 1. The van der Waals surface area contributed by atoms with Crippen LogP contribution in [0.3, 0.4) is 0 Å². The minimum atomic E-state index is -1.10. The summed E-state index contributed by atoms with van der Waals surface area (Å²) in [6, 6.07) is 5.77. The predicted molar refractivity (Wildman–Crippen MR) is 73.0 cm³/mol. The van der Waals surface area contributed by atoms with Crippen molar-refractivity contribution in [2.24, 2.45) is 11.8 Å². The van der Waals surface area contributed by atoms with Gasteiger partial charge in [-0.15, -0.1) is 0 Å². The molecule has 100 valence electrons. The van der Waals surface area contributed by atoms with Crippen LogP contribution in [0, 0.1) is 11.8 Å². The molecule has 0 saturated carbocycles. The van der Waals surface area contributed by atoms with Crippen molar-refractivity contribution in [3.05, 3.63) is 41.5 Å². The SMILES string of the molecule is CC(C)[C@H]1Nc2c(C(=O)[O-])cccc2[C@H]2C=CC[C@@H]21. The molecule has 1 N–H and O–H groups in total. The summed E-state index contributed by atoms with van der Waals surface area (Å²) in [4.78, 5) is 11.3. The van der Waals surface area contributed by atoms with Crippen LogP contribution in [0.5, 0.6) is 0 Å². The van der Waals surface area contributed by atoms with E-state index >= 15 is 0 Å². The van der Waals surface area contributed by atoms with Crippen LogP contribution in [0.4, 0.5) is 5.69 Å². The molecule has 0 aromatic heterocycles. The summed E-state index contributed by atoms with van der Waals surface area (Å²) in [6.07, 6.45) is 5.50. The summed E-state index contributed by atoms with van der Waals surface area (Å²) in [5, 5.41) is 14.7. The number of rotatable bonds is 2. The number of carboxylic acid groups (broad SMARTS) is 1. The first-order chi connectivity index (χ1) is 9.09. The number of benzene rings is 1. The molecule has 1 aliphatic heterocycles. The summed E-state index contributed by atoms with van der Waals surface area (Å²) in [7, 11) is 0. The normalized spacial score (nSPS) is 27.8. The second kappa shape index (κ2) is 4.41. The fourth-order valence-corrected chi connectivity index (χ4v) is 3.49. The van der Waals surface area contributed by atoms with E-state index in [1.807, 2.05) is 12.1 Å². The number of fused-ring (bicyclic) bond motifs is 3. The van der Waals surface area contributed by atoms with Crippen molar-refractivity contribution in [1.29, 1.82) is 0 Å². The topological polar surface area (TPSA) is 52.2 Å². The molecule has 1 aromatic carbocycles. The fourth-order valence-electron chi connectivity index (χ4n) is 3.49. The summed E-state index contributed by atoms with van der Waals surface area (Å²) < 4.78 is 0. The number of anilines is 1. The average Bonchev–Trinajstić information content (AvgIpc) is 2.85. The zero-order valence-corrected chi connectivity index (χ0v) is 11.2. The van der Waals surface area contributed by atoms with Crippen molar-refractivity contribution in [3.8, 4) is 0 Å². The first-order valence-electron chi connectivity index (χ1n) is 6.87. The van der Waals surface area contributed by atoms with Crippen LogP contribution in [-0.2, 0) is 0 Å². The van der Waals surface area contributed by atoms with Gasteiger partial charge in [-0.05, 0) is 23.8 Å². The molecule has 0 saturated heterocycles. The predicted octanol–water partition coefficient (Wildman–Crippen LogP) is 2.16. The van der Waals surface area contributed by atoms with E-state index < -0.39 is 5.97 Å². The van der Waals surface area contributed by atoms with E-state index in [4.69, 9.17) is 0 Å². The Morgan fingerprint density at radius 3 is 2.89 bits per heavy atom. The molecule has 1 aromatic rings. The van der Waals surface area contributed by atoms with Crippen molar-refractivity contribution in [2.45, 2.75) is 32.2 Å². The van der Waals surface area contributed by atoms with Gasteiger partial charge in [-0.2, -0.15) is 0 Å². The summed E-state index contributed by atoms with van der Waals surface area (Å²) in [5.74, 6) is 0.232. The molecule has 3 rings (SSSR count). The van der Waals surface area contributed by atoms with Crippen LogP contribution in [0.2, 0.25) is 0 Å². The van der Waals surface area contributed by atoms with E-state index in [0.717, 1.165) is 17.7 Å². The molecule has 3 heteroatoms. The van der Waals surface area contributed by atoms with Crippen LogP contribution in [0.1, 0.15) is 42.1 Å². The molecule has 0 spiro atoms. The number of hydrogen-bond acceptors (Lipinski definition) is 3. The molecular formula is C16H18NO2-. The molecule has 1 heterocycles. The van der Waals surface area contributed by atoms with Gasteiger partial charge >= 0.3 is 0 Å². The lowest BCUT2D eigenvalue weighted by Gasteiger charge is -2.40. The van der Waals surface area contributed by atoms with Gasteiger partial charge in [-0.1, -0.05) is 44.2 Å². The van der Waals surface area contributed by atoms with E-state index in [0.29, 0.717) is 23.8 Å². The quantitative estimate of drug-likeness (QED) is 0.825. The van der Waals surface area contributed by atoms with Crippen molar-refractivity contribution >= 4 is 11.7 Å². The third-order valence-corrected chi connectivity index (χ3v) is 4.38. The number of allylic oxidation sites excluding steroid dienone is 2. The molecule has 0 bridgehead atoms. The lowest BCUT2D eigenvalue weighted by Crippen LogP contribution is -2.40. The van der Waals surface area contributed by atoms with Crippen LogP contribution in [0.25, 0.3) is 0 Å². The fraction of sp³-hybridized carbons (Fsp3) is 0.438. The standard InChI is InChI=1S/C16H19NO2/c1-9(2)14-11-6-3-5-10(11)12-7-4-8-13(16(18)19)15(12)17-14/h3-5,7-11,14,17H,6H2,1-2H3,(H,18,19)/p-1/t10-,11-,14+/m0/s1. The summed E-state index contributed by atoms with van der Waals surface area (Å²) in [5.41, 5.74) is 2.13. The molecule has 1 aliphatic carbocycles. The lowest BCUT2D eigenvalue weighted by molar-refractivity contribution is -0.254. The van der Waals surface area contributed by atoms with Crippen molar-refractivity contribution in [2.75, 3.05) is 5.32 Å². The Bertz CT molecular complexity index is 548. The smallest absolute Gasteiger partial charge is 0.0736 e. The Kier molecular flexibility index (Phi) is 2.85. The Morgan fingerprint density at radius 1 is 1.42 bits per heavy atom. The number of para-hydroxylation sites is 1. The van der Waals surface area contributed by atoms with Gasteiger partial charge in [0.2, 0.25) is 0 Å². The highest BCUT2D eigenvalue weighted by Gasteiger charge is 2.38. The molecule has 0 amide bonds. The van der Waals surface area contributed by atoms with Gasteiger partial charge in [0.25, 0.3) is 0 Å². The molecule has 3 atom stereocenters. The number of aromatic carboxylic acids is 1. The summed E-state index contributed by atoms with van der Waals surface area (Å²) in [6.45, 7) is 4.36. The molecule has 2 aliphatic rings. The van der Waals surface area contributed by atoms with E-state index in [1.54, 1.807) is 6.07 Å². The van der Waals surface area contributed by atoms with Gasteiger partial charge in [-0.3, -0.25) is 0 Å². The zero-order valence-electron chi connectivity index (χ0n) is 11.2. The monoisotopic (exact) mass is 256 g/mol. The number of nitrogens with one attached hydrogen (secondary N) is 1. The van der Waals surface area contributed by atoms with Gasteiger partial charge in [0.15, 0.2) is 0 Å². The minimum Gasteiger partial charge on any atom is -0.545 e. The number of carbonyl (C=O) groups excluding carboxylic acids is 1. The van der Waals surface area contributed by atoms with Crippen molar-refractivity contribution in [1.82, 2.24) is 0 Å². The van der Waals surface area contributed by atoms with Gasteiger partial charge in [-0.25, -0.2) is 0 Å². The third-order valence-electron chi connectivity index (χ3n) is 4.38. The van der Waals surface area contributed by atoms with Crippen molar-refractivity contribution < 1.29 is 9.90 Å². The first kappa shape index (κ1) is 12.3. The summed E-state index contributed by atoms with van der Waals surface area (Å²) >= 11 is 0. The molecule has 19 heavy (non-hydrogen) atoms. The second-order valence-electron chi connectivity index (χ2n) is 5.82. The van der Waals surface area contributed by atoms with E-state index in [9.17, 15) is 9.90 Å². The van der Waals surface area contributed by atoms with E-state index in [-0.39, 0.29) is 5.56 Å². The number of hydrogen-bond donors (Lipinski definition) is 1.